The van der Waals surface area contributed by atoms with E-state index in [0.717, 1.165) is 6.26 Å². The minimum atomic E-state index is -4.23. The Morgan fingerprint density at radius 2 is 1.48 bits per heavy atom. The van der Waals surface area contributed by atoms with Crippen molar-refractivity contribution >= 4 is 20.1 Å². The average Bonchev–Trinajstić information content (AvgIpc) is 2.27. The first-order chi connectivity index (χ1) is 9.01. The van der Waals surface area contributed by atoms with E-state index in [1.54, 1.807) is 0 Å². The van der Waals surface area contributed by atoms with Gasteiger partial charge in [-0.2, -0.15) is 0 Å². The predicted molar refractivity (Wildman–Crippen MR) is 77.9 cm³/mol. The van der Waals surface area contributed by atoms with Crippen LogP contribution >= 0.6 is 0 Å². The van der Waals surface area contributed by atoms with Crippen LogP contribution in [0, 0.1) is 13.8 Å². The average molecular weight is 329 g/mol. The van der Waals surface area contributed by atoms with Gasteiger partial charge in [0, 0.05) is 12.3 Å². The molecule has 9 heteroatoms. The molecule has 21 heavy (non-hydrogen) atoms. The Bertz CT molecular complexity index is 559. The van der Waals surface area contributed by atoms with Gasteiger partial charge in [-0.05, 0) is 31.4 Å². The summed E-state index contributed by atoms with van der Waals surface area (Å²) in [7, 11) is -7.52. The van der Waals surface area contributed by atoms with Crippen molar-refractivity contribution in [2.45, 2.75) is 20.3 Å². The fourth-order valence-electron chi connectivity index (χ4n) is 1.17. The zero-order valence-electron chi connectivity index (χ0n) is 12.8. The summed E-state index contributed by atoms with van der Waals surface area (Å²) >= 11 is 0. The molecule has 0 unspecified atom stereocenters. The number of rotatable bonds is 5. The number of hydrogen-bond acceptors (Lipinski definition) is 5. The molecular formula is C12H20LiNO5S2. The standard InChI is InChI=1S/C8H10.C4H11NO5S2.Li/c1-7-5-3-4-6-8(7)2;1-11(6,7)5-3-2-4-12(8,9)10;/h3-6H,1-2H3;5H,2-4H2,1H3,(H,8,9,10);/q;;+1/p-1. The van der Waals surface area contributed by atoms with E-state index in [-0.39, 0.29) is 31.8 Å². The van der Waals surface area contributed by atoms with E-state index in [2.05, 4.69) is 42.8 Å². The zero-order chi connectivity index (χ0) is 15.8. The van der Waals surface area contributed by atoms with Crippen molar-refractivity contribution < 1.29 is 40.2 Å². The molecular weight excluding hydrogens is 309 g/mol. The van der Waals surface area contributed by atoms with E-state index in [0.29, 0.717) is 0 Å². The van der Waals surface area contributed by atoms with Gasteiger partial charge >= 0.3 is 18.9 Å². The molecule has 0 bridgehead atoms. The van der Waals surface area contributed by atoms with Gasteiger partial charge in [0.2, 0.25) is 10.0 Å². The molecule has 0 saturated carbocycles. The van der Waals surface area contributed by atoms with Gasteiger partial charge in [-0.15, -0.1) is 0 Å². The Morgan fingerprint density at radius 3 is 1.76 bits per heavy atom. The van der Waals surface area contributed by atoms with Gasteiger partial charge in [-0.25, -0.2) is 21.6 Å². The van der Waals surface area contributed by atoms with Gasteiger partial charge in [0.15, 0.2) is 0 Å². The Balaban J connectivity index is 0. The van der Waals surface area contributed by atoms with Gasteiger partial charge in [-0.3, -0.25) is 0 Å². The van der Waals surface area contributed by atoms with E-state index >= 15 is 0 Å². The molecule has 0 aliphatic carbocycles. The van der Waals surface area contributed by atoms with Crippen molar-refractivity contribution in [3.05, 3.63) is 35.4 Å². The van der Waals surface area contributed by atoms with Crippen molar-refractivity contribution in [1.82, 2.24) is 4.72 Å². The van der Waals surface area contributed by atoms with E-state index < -0.39 is 25.9 Å². The van der Waals surface area contributed by atoms with Crippen molar-refractivity contribution in [2.24, 2.45) is 0 Å². The monoisotopic (exact) mass is 329 g/mol. The molecule has 0 saturated heterocycles. The molecule has 0 heterocycles. The molecule has 0 aliphatic heterocycles. The number of sulfonamides is 1. The van der Waals surface area contributed by atoms with Crippen LogP contribution in [0.5, 0.6) is 0 Å². The molecule has 0 radical (unpaired) electrons. The number of benzene rings is 1. The van der Waals surface area contributed by atoms with Gasteiger partial charge in [0.05, 0.1) is 16.4 Å². The molecule has 0 aliphatic rings. The van der Waals surface area contributed by atoms with Crippen LogP contribution in [-0.2, 0) is 20.1 Å². The van der Waals surface area contributed by atoms with Crippen LogP contribution in [0.3, 0.4) is 0 Å². The molecule has 0 amide bonds. The third kappa shape index (κ3) is 15.8. The summed E-state index contributed by atoms with van der Waals surface area (Å²) in [6, 6.07) is 8.36. The van der Waals surface area contributed by atoms with E-state index in [9.17, 15) is 21.4 Å². The second-order valence-electron chi connectivity index (χ2n) is 4.37. The smallest absolute Gasteiger partial charge is 0.748 e. The Morgan fingerprint density at radius 1 is 1.05 bits per heavy atom. The van der Waals surface area contributed by atoms with Crippen molar-refractivity contribution in [3.63, 3.8) is 0 Å². The molecule has 0 spiro atoms. The summed E-state index contributed by atoms with van der Waals surface area (Å²) in [4.78, 5) is 0. The van der Waals surface area contributed by atoms with Crippen molar-refractivity contribution in [1.29, 1.82) is 0 Å². The fraction of sp³-hybridized carbons (Fsp3) is 0.500. The Hall–Kier alpha value is -0.363. The van der Waals surface area contributed by atoms with E-state index in [4.69, 9.17) is 0 Å². The first-order valence-corrected chi connectivity index (χ1v) is 9.38. The van der Waals surface area contributed by atoms with Crippen LogP contribution in [0.25, 0.3) is 0 Å². The van der Waals surface area contributed by atoms with Crippen LogP contribution < -0.4 is 23.6 Å². The number of aryl methyl sites for hydroxylation is 2. The van der Waals surface area contributed by atoms with E-state index in [1.165, 1.54) is 11.1 Å². The first-order valence-electron chi connectivity index (χ1n) is 5.92. The molecule has 0 fully saturated rings. The largest absolute Gasteiger partial charge is 1.00 e. The minimum absolute atomic E-state index is 0. The summed E-state index contributed by atoms with van der Waals surface area (Å²) in [5.41, 5.74) is 2.74. The number of hydrogen-bond donors (Lipinski definition) is 1. The fourth-order valence-corrected chi connectivity index (χ4v) is 2.18. The van der Waals surface area contributed by atoms with E-state index in [1.807, 2.05) is 0 Å². The molecule has 6 nitrogen and oxygen atoms in total. The van der Waals surface area contributed by atoms with Gasteiger partial charge in [0.1, 0.15) is 0 Å². The van der Waals surface area contributed by atoms with Gasteiger partial charge < -0.3 is 4.55 Å². The zero-order valence-corrected chi connectivity index (χ0v) is 14.4. The quantitative estimate of drug-likeness (QED) is 0.374. The molecule has 0 aromatic heterocycles. The molecule has 116 valence electrons. The first kappa shape index (κ1) is 22.9. The normalized spacial score (nSPS) is 11.0. The summed E-state index contributed by atoms with van der Waals surface area (Å²) < 4.78 is 53.0. The molecule has 1 aromatic rings. The van der Waals surface area contributed by atoms with Gasteiger partial charge in [-0.1, -0.05) is 24.3 Å². The maximum Gasteiger partial charge on any atom is 1.00 e. The maximum atomic E-state index is 10.4. The van der Waals surface area contributed by atoms with Crippen LogP contribution in [-0.4, -0.2) is 39.9 Å². The Kier molecular flexibility index (Phi) is 11.3. The van der Waals surface area contributed by atoms with Crippen LogP contribution in [0.4, 0.5) is 0 Å². The summed E-state index contributed by atoms with van der Waals surface area (Å²) in [5.74, 6) is -0.546. The molecule has 1 N–H and O–H groups in total. The van der Waals surface area contributed by atoms with Gasteiger partial charge in [0.25, 0.3) is 0 Å². The van der Waals surface area contributed by atoms with Crippen LogP contribution in [0.15, 0.2) is 24.3 Å². The maximum absolute atomic E-state index is 10.4. The summed E-state index contributed by atoms with van der Waals surface area (Å²) in [6.45, 7) is 4.21. The second kappa shape index (κ2) is 10.4. The number of nitrogens with one attached hydrogen (secondary N) is 1. The van der Waals surface area contributed by atoms with Crippen LogP contribution in [0.1, 0.15) is 17.5 Å². The Labute approximate surface area is 139 Å². The topological polar surface area (TPSA) is 103 Å². The second-order valence-corrected chi connectivity index (χ2v) is 7.72. The summed E-state index contributed by atoms with van der Waals surface area (Å²) in [5, 5.41) is 0. The molecule has 0 atom stereocenters. The molecule has 1 rings (SSSR count). The van der Waals surface area contributed by atoms with Crippen molar-refractivity contribution in [2.75, 3.05) is 18.6 Å². The summed E-state index contributed by atoms with van der Waals surface area (Å²) in [6.07, 6.45) is 0.956. The van der Waals surface area contributed by atoms with Crippen LogP contribution in [0.2, 0.25) is 0 Å². The predicted octanol–water partition coefficient (Wildman–Crippen LogP) is -2.22. The molecule has 1 aromatic carbocycles. The third-order valence-corrected chi connectivity index (χ3v) is 3.88. The SMILES string of the molecule is CS(=O)(=O)NCCCS(=O)(=O)[O-].Cc1ccccc1C.[Li+]. The van der Waals surface area contributed by atoms with Crippen molar-refractivity contribution in [3.8, 4) is 0 Å². The third-order valence-electron chi connectivity index (χ3n) is 2.36. The minimum Gasteiger partial charge on any atom is -0.748 e.